The summed E-state index contributed by atoms with van der Waals surface area (Å²) in [4.78, 5) is 22.8. The Bertz CT molecular complexity index is 585. The van der Waals surface area contributed by atoms with Crippen LogP contribution in [-0.4, -0.2) is 11.8 Å². The number of esters is 1. The van der Waals surface area contributed by atoms with Gasteiger partial charge in [0.25, 0.3) is 0 Å². The second kappa shape index (κ2) is 6.66. The molecule has 0 saturated carbocycles. The van der Waals surface area contributed by atoms with E-state index in [1.54, 1.807) is 31.2 Å². The van der Waals surface area contributed by atoms with Crippen molar-refractivity contribution in [2.24, 2.45) is 0 Å². The van der Waals surface area contributed by atoms with Gasteiger partial charge in [-0.3, -0.25) is 4.79 Å². The molecule has 0 spiro atoms. The molecule has 0 N–H and O–H groups in total. The topological polar surface area (TPSA) is 43.4 Å². The zero-order valence-corrected chi connectivity index (χ0v) is 11.3. The number of rotatable bonds is 5. The van der Waals surface area contributed by atoms with Crippen LogP contribution in [0, 0.1) is 0 Å². The van der Waals surface area contributed by atoms with E-state index in [-0.39, 0.29) is 18.4 Å². The highest BCUT2D eigenvalue weighted by Crippen LogP contribution is 2.09. The number of hydrogen-bond donors (Lipinski definition) is 0. The average molecular weight is 268 g/mol. The number of carbonyl (C=O) groups excluding carboxylic acids is 2. The van der Waals surface area contributed by atoms with Crippen LogP contribution in [0.1, 0.15) is 28.4 Å². The van der Waals surface area contributed by atoms with Crippen molar-refractivity contribution in [3.05, 3.63) is 71.3 Å². The molecule has 0 aliphatic heterocycles. The monoisotopic (exact) mass is 268 g/mol. The second-order valence-corrected chi connectivity index (χ2v) is 4.64. The Morgan fingerprint density at radius 3 is 2.10 bits per heavy atom. The van der Waals surface area contributed by atoms with Gasteiger partial charge in [-0.1, -0.05) is 42.5 Å². The van der Waals surface area contributed by atoms with Crippen molar-refractivity contribution in [1.82, 2.24) is 0 Å². The van der Waals surface area contributed by atoms with Gasteiger partial charge >= 0.3 is 5.97 Å². The average Bonchev–Trinajstić information content (AvgIpc) is 2.46. The largest absolute Gasteiger partial charge is 0.457 e. The van der Waals surface area contributed by atoms with Gasteiger partial charge in [-0.25, -0.2) is 4.79 Å². The van der Waals surface area contributed by atoms with Crippen LogP contribution in [0.5, 0.6) is 0 Å². The molecule has 0 atom stereocenters. The summed E-state index contributed by atoms with van der Waals surface area (Å²) in [6.45, 7) is 1.80. The van der Waals surface area contributed by atoms with Crippen LogP contribution in [0.25, 0.3) is 0 Å². The van der Waals surface area contributed by atoms with Gasteiger partial charge in [0, 0.05) is 6.42 Å². The Morgan fingerprint density at radius 2 is 1.50 bits per heavy atom. The Morgan fingerprint density at radius 1 is 0.900 bits per heavy atom. The fourth-order valence-corrected chi connectivity index (χ4v) is 1.85. The molecule has 2 aromatic rings. The van der Waals surface area contributed by atoms with Crippen LogP contribution < -0.4 is 0 Å². The predicted octanol–water partition coefficient (Wildman–Crippen LogP) is 3.18. The van der Waals surface area contributed by atoms with Gasteiger partial charge < -0.3 is 4.74 Å². The maximum Gasteiger partial charge on any atom is 0.338 e. The molecule has 0 aliphatic carbocycles. The van der Waals surface area contributed by atoms with E-state index in [9.17, 15) is 9.59 Å². The molecule has 0 unspecified atom stereocenters. The molecule has 0 aromatic heterocycles. The van der Waals surface area contributed by atoms with Crippen molar-refractivity contribution in [1.29, 1.82) is 0 Å². The van der Waals surface area contributed by atoms with Crippen molar-refractivity contribution >= 4 is 11.8 Å². The van der Waals surface area contributed by atoms with Gasteiger partial charge in [-0.15, -0.1) is 0 Å². The van der Waals surface area contributed by atoms with Crippen molar-refractivity contribution in [3.63, 3.8) is 0 Å². The van der Waals surface area contributed by atoms with Crippen LogP contribution in [-0.2, 0) is 22.6 Å². The lowest BCUT2D eigenvalue weighted by atomic mass is 10.1. The van der Waals surface area contributed by atoms with E-state index in [1.165, 1.54) is 0 Å². The maximum absolute atomic E-state index is 11.8. The number of hydrogen-bond acceptors (Lipinski definition) is 3. The van der Waals surface area contributed by atoms with E-state index in [1.807, 2.05) is 30.3 Å². The van der Waals surface area contributed by atoms with E-state index in [0.717, 1.165) is 11.1 Å². The number of ether oxygens (including phenoxy) is 1. The molecule has 0 amide bonds. The molecular formula is C17H16O3. The Hall–Kier alpha value is -2.42. The van der Waals surface area contributed by atoms with Crippen molar-refractivity contribution in [2.45, 2.75) is 20.0 Å². The highest BCUT2D eigenvalue weighted by Gasteiger charge is 2.06. The molecule has 20 heavy (non-hydrogen) atoms. The van der Waals surface area contributed by atoms with Crippen LogP contribution in [0.4, 0.5) is 0 Å². The van der Waals surface area contributed by atoms with E-state index in [0.29, 0.717) is 12.0 Å². The number of Topliss-reactive ketones (excluding diaryl/α,β-unsaturated/α-hetero) is 1. The summed E-state index contributed by atoms with van der Waals surface area (Å²) in [5.41, 5.74) is 2.41. The van der Waals surface area contributed by atoms with E-state index >= 15 is 0 Å². The lowest BCUT2D eigenvalue weighted by Gasteiger charge is -2.06. The zero-order valence-electron chi connectivity index (χ0n) is 11.3. The predicted molar refractivity (Wildman–Crippen MR) is 76.4 cm³/mol. The van der Waals surface area contributed by atoms with Crippen LogP contribution >= 0.6 is 0 Å². The van der Waals surface area contributed by atoms with Gasteiger partial charge in [-0.2, -0.15) is 0 Å². The van der Waals surface area contributed by atoms with Crippen LogP contribution in [0.2, 0.25) is 0 Å². The summed E-state index contributed by atoms with van der Waals surface area (Å²) in [5, 5.41) is 0. The molecule has 0 bridgehead atoms. The molecule has 0 heterocycles. The zero-order chi connectivity index (χ0) is 14.4. The first-order chi connectivity index (χ1) is 9.65. The summed E-state index contributed by atoms with van der Waals surface area (Å²) in [5.74, 6) is -0.202. The minimum atomic E-state index is -0.335. The Kier molecular flexibility index (Phi) is 4.66. The third kappa shape index (κ3) is 4.05. The fraction of sp³-hybridized carbons (Fsp3) is 0.176. The Balaban J connectivity index is 1.91. The summed E-state index contributed by atoms with van der Waals surface area (Å²) in [7, 11) is 0. The lowest BCUT2D eigenvalue weighted by Crippen LogP contribution is -2.05. The molecule has 3 nitrogen and oxygen atoms in total. The van der Waals surface area contributed by atoms with Crippen LogP contribution in [0.15, 0.2) is 54.6 Å². The quantitative estimate of drug-likeness (QED) is 0.782. The van der Waals surface area contributed by atoms with Gasteiger partial charge in [0.05, 0.1) is 5.56 Å². The minimum absolute atomic E-state index is 0.133. The molecule has 0 aliphatic rings. The van der Waals surface area contributed by atoms with E-state index in [2.05, 4.69) is 0 Å². The molecule has 0 radical (unpaired) electrons. The van der Waals surface area contributed by atoms with Crippen LogP contribution in [0.3, 0.4) is 0 Å². The van der Waals surface area contributed by atoms with Gasteiger partial charge in [0.1, 0.15) is 12.4 Å². The minimum Gasteiger partial charge on any atom is -0.457 e. The Labute approximate surface area is 118 Å². The van der Waals surface area contributed by atoms with Crippen molar-refractivity contribution < 1.29 is 14.3 Å². The normalized spacial score (nSPS) is 10.1. The number of benzene rings is 2. The molecule has 2 aromatic carbocycles. The summed E-state index contributed by atoms with van der Waals surface area (Å²) in [6.07, 6.45) is 0.435. The fourth-order valence-electron chi connectivity index (χ4n) is 1.85. The lowest BCUT2D eigenvalue weighted by molar-refractivity contribution is -0.116. The standard InChI is InChI=1S/C17H16O3/c1-13(18)11-14-7-9-15(10-8-14)12-20-17(19)16-5-3-2-4-6-16/h2-10H,11-12H2,1H3. The number of carbonyl (C=O) groups is 2. The SMILES string of the molecule is CC(=O)Cc1ccc(COC(=O)c2ccccc2)cc1. The van der Waals surface area contributed by atoms with Gasteiger partial charge in [0.15, 0.2) is 0 Å². The number of ketones is 1. The summed E-state index contributed by atoms with van der Waals surface area (Å²) >= 11 is 0. The highest BCUT2D eigenvalue weighted by atomic mass is 16.5. The van der Waals surface area contributed by atoms with E-state index < -0.39 is 0 Å². The smallest absolute Gasteiger partial charge is 0.338 e. The first-order valence-corrected chi connectivity index (χ1v) is 6.44. The van der Waals surface area contributed by atoms with Gasteiger partial charge in [0.2, 0.25) is 0 Å². The van der Waals surface area contributed by atoms with Gasteiger partial charge in [-0.05, 0) is 30.2 Å². The molecule has 3 heteroatoms. The summed E-state index contributed by atoms with van der Waals surface area (Å²) < 4.78 is 5.23. The second-order valence-electron chi connectivity index (χ2n) is 4.64. The first-order valence-electron chi connectivity index (χ1n) is 6.44. The molecule has 2 rings (SSSR count). The first kappa shape index (κ1) is 14.0. The molecule has 102 valence electrons. The molecule has 0 saturated heterocycles. The highest BCUT2D eigenvalue weighted by molar-refractivity contribution is 5.89. The third-order valence-electron chi connectivity index (χ3n) is 2.86. The molecular weight excluding hydrogens is 252 g/mol. The molecule has 0 fully saturated rings. The van der Waals surface area contributed by atoms with Crippen molar-refractivity contribution in [2.75, 3.05) is 0 Å². The van der Waals surface area contributed by atoms with E-state index in [4.69, 9.17) is 4.74 Å². The van der Waals surface area contributed by atoms with Crippen molar-refractivity contribution in [3.8, 4) is 0 Å². The third-order valence-corrected chi connectivity index (χ3v) is 2.86. The maximum atomic E-state index is 11.8. The summed E-state index contributed by atoms with van der Waals surface area (Å²) in [6, 6.07) is 16.4.